The molecule has 0 amide bonds. The van der Waals surface area contributed by atoms with Crippen molar-refractivity contribution in [3.05, 3.63) is 10.6 Å². The molecule has 2 N–H and O–H groups in total. The van der Waals surface area contributed by atoms with E-state index in [-0.39, 0.29) is 5.92 Å². The van der Waals surface area contributed by atoms with Crippen molar-refractivity contribution in [2.24, 2.45) is 5.92 Å². The molecule has 0 aromatic carbocycles. The third kappa shape index (κ3) is 2.55. The summed E-state index contributed by atoms with van der Waals surface area (Å²) in [5, 5.41) is 13.7. The molecule has 1 heterocycles. The highest BCUT2D eigenvalue weighted by atomic mass is 32.1. The number of anilines is 1. The minimum atomic E-state index is -0.732. The first-order chi connectivity index (χ1) is 9.69. The van der Waals surface area contributed by atoms with Crippen molar-refractivity contribution < 1.29 is 9.90 Å². The molecular formula is C15H22N2O2S. The highest BCUT2D eigenvalue weighted by Gasteiger charge is 2.33. The molecule has 4 nitrogen and oxygen atoms in total. The van der Waals surface area contributed by atoms with Gasteiger partial charge in [-0.05, 0) is 31.6 Å². The first kappa shape index (κ1) is 13.9. The van der Waals surface area contributed by atoms with Crippen molar-refractivity contribution in [1.82, 2.24) is 4.98 Å². The molecule has 0 spiro atoms. The third-order valence-electron chi connectivity index (χ3n) is 4.76. The van der Waals surface area contributed by atoms with Gasteiger partial charge in [0.05, 0.1) is 5.69 Å². The fraction of sp³-hybridized carbons (Fsp3) is 0.733. The molecule has 2 aliphatic carbocycles. The van der Waals surface area contributed by atoms with Gasteiger partial charge >= 0.3 is 5.97 Å². The molecule has 3 unspecified atom stereocenters. The van der Waals surface area contributed by atoms with Crippen molar-refractivity contribution in [3.8, 4) is 0 Å². The summed E-state index contributed by atoms with van der Waals surface area (Å²) in [5.74, 6) is -0.382. The van der Waals surface area contributed by atoms with E-state index in [1.54, 1.807) is 11.3 Å². The van der Waals surface area contributed by atoms with Crippen LogP contribution in [0.15, 0.2) is 0 Å². The predicted octanol–water partition coefficient (Wildman–Crippen LogP) is 3.64. The lowest BCUT2D eigenvalue weighted by Crippen LogP contribution is -2.31. The smallest absolute Gasteiger partial charge is 0.312 e. The van der Waals surface area contributed by atoms with E-state index >= 15 is 0 Å². The molecule has 20 heavy (non-hydrogen) atoms. The average Bonchev–Trinajstić information content (AvgIpc) is 2.98. The van der Waals surface area contributed by atoms with Crippen molar-refractivity contribution in [3.63, 3.8) is 0 Å². The molecule has 0 saturated heterocycles. The molecule has 0 aliphatic heterocycles. The maximum Gasteiger partial charge on any atom is 0.312 e. The van der Waals surface area contributed by atoms with Crippen LogP contribution in [-0.4, -0.2) is 22.1 Å². The van der Waals surface area contributed by atoms with Gasteiger partial charge in [-0.15, -0.1) is 11.3 Å². The Morgan fingerprint density at radius 2 is 2.20 bits per heavy atom. The van der Waals surface area contributed by atoms with Crippen LogP contribution in [0.3, 0.4) is 0 Å². The number of nitrogens with one attached hydrogen (secondary N) is 1. The molecule has 1 saturated carbocycles. The summed E-state index contributed by atoms with van der Waals surface area (Å²) in [6.07, 6.45) is 7.93. The largest absolute Gasteiger partial charge is 0.481 e. The van der Waals surface area contributed by atoms with Gasteiger partial charge in [0.25, 0.3) is 0 Å². The number of rotatable bonds is 4. The highest BCUT2D eigenvalue weighted by molar-refractivity contribution is 7.15. The fourth-order valence-corrected chi connectivity index (χ4v) is 4.67. The number of nitrogens with zero attached hydrogens (tertiary/aromatic N) is 1. The van der Waals surface area contributed by atoms with Gasteiger partial charge in [0.1, 0.15) is 5.92 Å². The Hall–Kier alpha value is -1.10. The molecule has 1 aromatic rings. The molecule has 1 aromatic heterocycles. The van der Waals surface area contributed by atoms with Crippen LogP contribution in [0.25, 0.3) is 0 Å². The maximum absolute atomic E-state index is 11.2. The summed E-state index contributed by atoms with van der Waals surface area (Å²) in [6, 6.07) is 0.517. The number of fused-ring (bicyclic) bond motifs is 1. The zero-order valence-corrected chi connectivity index (χ0v) is 12.7. The van der Waals surface area contributed by atoms with E-state index in [1.807, 2.05) is 0 Å². The normalized spacial score (nSPS) is 29.1. The van der Waals surface area contributed by atoms with Crippen molar-refractivity contribution in [2.45, 2.75) is 63.8 Å². The quantitative estimate of drug-likeness (QED) is 0.890. The molecule has 0 bridgehead atoms. The zero-order chi connectivity index (χ0) is 14.1. The Balaban J connectivity index is 1.73. The summed E-state index contributed by atoms with van der Waals surface area (Å²) in [5.41, 5.74) is 0.814. The molecule has 5 heteroatoms. The van der Waals surface area contributed by atoms with Gasteiger partial charge < -0.3 is 10.4 Å². The Labute approximate surface area is 123 Å². The summed E-state index contributed by atoms with van der Waals surface area (Å²) in [6.45, 7) is 2.26. The summed E-state index contributed by atoms with van der Waals surface area (Å²) in [4.78, 5) is 17.0. The minimum absolute atomic E-state index is 0.384. The van der Waals surface area contributed by atoms with E-state index < -0.39 is 5.97 Å². The second-order valence-corrected chi connectivity index (χ2v) is 7.04. The lowest BCUT2D eigenvalue weighted by atomic mass is 9.83. The van der Waals surface area contributed by atoms with E-state index in [0.717, 1.165) is 23.2 Å². The lowest BCUT2D eigenvalue weighted by molar-refractivity contribution is -0.138. The fourth-order valence-electron chi connectivity index (χ4n) is 3.57. The van der Waals surface area contributed by atoms with Gasteiger partial charge in [0, 0.05) is 10.9 Å². The first-order valence-corrected chi connectivity index (χ1v) is 8.49. The highest BCUT2D eigenvalue weighted by Crippen LogP contribution is 2.39. The molecular weight excluding hydrogens is 272 g/mol. The molecule has 3 atom stereocenters. The second-order valence-electron chi connectivity index (χ2n) is 5.96. The number of aliphatic carboxylic acids is 1. The molecule has 3 rings (SSSR count). The van der Waals surface area contributed by atoms with E-state index in [4.69, 9.17) is 0 Å². The average molecular weight is 294 g/mol. The number of hydrogen-bond donors (Lipinski definition) is 2. The Morgan fingerprint density at radius 1 is 1.40 bits per heavy atom. The van der Waals surface area contributed by atoms with E-state index in [9.17, 15) is 9.90 Å². The number of thiazole rings is 1. The number of carboxylic acid groups (broad SMARTS) is 1. The number of carboxylic acids is 1. The van der Waals surface area contributed by atoms with Gasteiger partial charge in [-0.3, -0.25) is 4.79 Å². The first-order valence-electron chi connectivity index (χ1n) is 7.68. The van der Waals surface area contributed by atoms with Crippen LogP contribution in [0, 0.1) is 5.92 Å². The van der Waals surface area contributed by atoms with Crippen LogP contribution >= 0.6 is 11.3 Å². The summed E-state index contributed by atoms with van der Waals surface area (Å²) < 4.78 is 0. The van der Waals surface area contributed by atoms with Gasteiger partial charge in [-0.25, -0.2) is 4.98 Å². The van der Waals surface area contributed by atoms with Crippen LogP contribution in [0.4, 0.5) is 5.13 Å². The predicted molar refractivity (Wildman–Crippen MR) is 80.5 cm³/mol. The monoisotopic (exact) mass is 294 g/mol. The van der Waals surface area contributed by atoms with Crippen LogP contribution in [-0.2, 0) is 11.2 Å². The number of hydrogen-bond acceptors (Lipinski definition) is 4. The topological polar surface area (TPSA) is 62.2 Å². The number of aromatic nitrogens is 1. The standard InChI is InChI=1S/C15H22N2O2S/c1-2-9-5-3-4-6-11(9)16-15-17-13-10(14(18)19)7-8-12(13)20-15/h9-11H,2-8H2,1H3,(H,16,17)(H,18,19). The number of aryl methyl sites for hydroxylation is 1. The summed E-state index contributed by atoms with van der Waals surface area (Å²) >= 11 is 1.66. The van der Waals surface area contributed by atoms with Crippen LogP contribution < -0.4 is 5.32 Å². The Bertz CT molecular complexity index is 500. The zero-order valence-electron chi connectivity index (χ0n) is 11.9. The maximum atomic E-state index is 11.2. The van der Waals surface area contributed by atoms with E-state index in [2.05, 4.69) is 17.2 Å². The minimum Gasteiger partial charge on any atom is -0.481 e. The van der Waals surface area contributed by atoms with Crippen LogP contribution in [0.5, 0.6) is 0 Å². The van der Waals surface area contributed by atoms with Crippen LogP contribution in [0.2, 0.25) is 0 Å². The van der Waals surface area contributed by atoms with Gasteiger partial charge in [-0.1, -0.05) is 26.2 Å². The Morgan fingerprint density at radius 3 is 2.95 bits per heavy atom. The third-order valence-corrected chi connectivity index (χ3v) is 5.82. The molecule has 2 aliphatic rings. The summed E-state index contributed by atoms with van der Waals surface area (Å²) in [7, 11) is 0. The van der Waals surface area contributed by atoms with Crippen LogP contribution in [0.1, 0.15) is 61.9 Å². The lowest BCUT2D eigenvalue weighted by Gasteiger charge is -2.31. The Kier molecular flexibility index (Phi) is 3.96. The second kappa shape index (κ2) is 5.72. The molecule has 0 radical (unpaired) electrons. The van der Waals surface area contributed by atoms with E-state index in [1.165, 1.54) is 37.0 Å². The number of carbonyl (C=O) groups is 1. The van der Waals surface area contributed by atoms with Gasteiger partial charge in [0.15, 0.2) is 5.13 Å². The SMILES string of the molecule is CCC1CCCCC1Nc1nc2c(s1)CCC2C(=O)O. The molecule has 1 fully saturated rings. The van der Waals surface area contributed by atoms with E-state index in [0.29, 0.717) is 12.5 Å². The van der Waals surface area contributed by atoms with Crippen molar-refractivity contribution in [2.75, 3.05) is 5.32 Å². The van der Waals surface area contributed by atoms with Crippen molar-refractivity contribution >= 4 is 22.4 Å². The molecule has 110 valence electrons. The van der Waals surface area contributed by atoms with Crippen molar-refractivity contribution in [1.29, 1.82) is 0 Å². The van der Waals surface area contributed by atoms with Gasteiger partial charge in [-0.2, -0.15) is 0 Å². The van der Waals surface area contributed by atoms with Gasteiger partial charge in [0.2, 0.25) is 0 Å².